The molecule has 1 atom stereocenters. The number of likely N-dealkylation sites (N-methyl/N-ethyl adjacent to an activating group) is 1. The van der Waals surface area contributed by atoms with Crippen molar-refractivity contribution in [1.29, 1.82) is 0 Å². The largest absolute Gasteiger partial charge is 0.485 e. The van der Waals surface area contributed by atoms with Crippen molar-refractivity contribution in [3.63, 3.8) is 0 Å². The molecular formula is C18H20N2O3. The van der Waals surface area contributed by atoms with Gasteiger partial charge in [-0.25, -0.2) is 0 Å². The number of benzene rings is 2. The molecule has 1 aliphatic heterocycles. The van der Waals surface area contributed by atoms with Gasteiger partial charge in [0.2, 0.25) is 6.10 Å². The first-order valence-electron chi connectivity index (χ1n) is 7.66. The number of nitrogens with zero attached hydrogens (tertiary/aromatic N) is 1. The average molecular weight is 312 g/mol. The number of fused-ring (bicyclic) bond motifs is 1. The van der Waals surface area contributed by atoms with Gasteiger partial charge in [0.25, 0.3) is 5.91 Å². The first-order chi connectivity index (χ1) is 11.2. The van der Waals surface area contributed by atoms with Crippen LogP contribution in [0.15, 0.2) is 54.6 Å². The van der Waals surface area contributed by atoms with E-state index in [0.717, 1.165) is 12.2 Å². The highest BCUT2D eigenvalue weighted by Gasteiger charge is 2.26. The molecule has 1 N–H and O–H groups in total. The molecule has 120 valence electrons. The van der Waals surface area contributed by atoms with E-state index in [2.05, 4.69) is 10.2 Å². The summed E-state index contributed by atoms with van der Waals surface area (Å²) >= 11 is 0. The van der Waals surface area contributed by atoms with Crippen molar-refractivity contribution in [2.24, 2.45) is 0 Å². The highest BCUT2D eigenvalue weighted by atomic mass is 16.6. The second-order valence-electron chi connectivity index (χ2n) is 5.41. The van der Waals surface area contributed by atoms with Crippen molar-refractivity contribution < 1.29 is 14.3 Å². The van der Waals surface area contributed by atoms with E-state index in [-0.39, 0.29) is 12.5 Å². The van der Waals surface area contributed by atoms with Crippen LogP contribution in [0.4, 0.5) is 5.69 Å². The zero-order chi connectivity index (χ0) is 16.1. The number of rotatable bonds is 5. The second-order valence-corrected chi connectivity index (χ2v) is 5.41. The van der Waals surface area contributed by atoms with E-state index in [1.54, 1.807) is 6.07 Å². The molecule has 0 fully saturated rings. The summed E-state index contributed by atoms with van der Waals surface area (Å²) in [4.78, 5) is 14.3. The summed E-state index contributed by atoms with van der Waals surface area (Å²) in [6, 6.07) is 17.4. The molecule has 0 radical (unpaired) electrons. The minimum absolute atomic E-state index is 0.152. The van der Waals surface area contributed by atoms with Crippen LogP contribution in [0.3, 0.4) is 0 Å². The van der Waals surface area contributed by atoms with Crippen molar-refractivity contribution in [2.45, 2.75) is 6.10 Å². The minimum Gasteiger partial charge on any atom is -0.485 e. The Balaban J connectivity index is 1.47. The lowest BCUT2D eigenvalue weighted by Crippen LogP contribution is -2.45. The molecule has 0 aromatic heterocycles. The van der Waals surface area contributed by atoms with Crippen LogP contribution < -0.4 is 19.7 Å². The number of hydrogen-bond donors (Lipinski definition) is 1. The van der Waals surface area contributed by atoms with E-state index in [4.69, 9.17) is 9.47 Å². The third-order valence-electron chi connectivity index (χ3n) is 3.74. The summed E-state index contributed by atoms with van der Waals surface area (Å²) < 4.78 is 11.2. The summed E-state index contributed by atoms with van der Waals surface area (Å²) in [7, 11) is 2.00. The predicted octanol–water partition coefficient (Wildman–Crippen LogP) is 2.08. The Kier molecular flexibility index (Phi) is 4.66. The van der Waals surface area contributed by atoms with Gasteiger partial charge in [-0.1, -0.05) is 30.3 Å². The highest BCUT2D eigenvalue weighted by Crippen LogP contribution is 2.30. The Morgan fingerprint density at radius 3 is 2.61 bits per heavy atom. The molecule has 0 bridgehead atoms. The van der Waals surface area contributed by atoms with Crippen molar-refractivity contribution in [3.8, 4) is 11.5 Å². The first kappa shape index (κ1) is 15.2. The Morgan fingerprint density at radius 1 is 1.13 bits per heavy atom. The molecule has 2 aromatic rings. The van der Waals surface area contributed by atoms with Crippen LogP contribution in [0.1, 0.15) is 0 Å². The topological polar surface area (TPSA) is 50.8 Å². The monoisotopic (exact) mass is 312 g/mol. The molecule has 0 aliphatic carbocycles. The van der Waals surface area contributed by atoms with Crippen molar-refractivity contribution >= 4 is 11.6 Å². The molecule has 5 nitrogen and oxygen atoms in total. The lowest BCUT2D eigenvalue weighted by molar-refractivity contribution is -0.130. The number of carbonyl (C=O) groups is 1. The van der Waals surface area contributed by atoms with Gasteiger partial charge in [-0.05, 0) is 24.3 Å². The summed E-state index contributed by atoms with van der Waals surface area (Å²) in [6.45, 7) is 1.50. The molecule has 23 heavy (non-hydrogen) atoms. The van der Waals surface area contributed by atoms with E-state index >= 15 is 0 Å². The lowest BCUT2D eigenvalue weighted by atomic mass is 10.2. The van der Waals surface area contributed by atoms with Crippen molar-refractivity contribution in [3.05, 3.63) is 54.6 Å². The molecule has 0 spiro atoms. The number of anilines is 1. The maximum Gasteiger partial charge on any atom is 0.264 e. The number of amides is 1. The van der Waals surface area contributed by atoms with Gasteiger partial charge >= 0.3 is 0 Å². The van der Waals surface area contributed by atoms with Crippen LogP contribution in [-0.4, -0.2) is 38.8 Å². The Hall–Kier alpha value is -2.69. The highest BCUT2D eigenvalue weighted by molar-refractivity contribution is 5.81. The zero-order valence-electron chi connectivity index (χ0n) is 13.1. The average Bonchev–Trinajstić information content (AvgIpc) is 2.61. The van der Waals surface area contributed by atoms with Gasteiger partial charge in [-0.3, -0.25) is 4.79 Å². The molecular weight excluding hydrogens is 292 g/mol. The van der Waals surface area contributed by atoms with Crippen LogP contribution >= 0.6 is 0 Å². The molecule has 5 heteroatoms. The van der Waals surface area contributed by atoms with Gasteiger partial charge in [-0.15, -0.1) is 0 Å². The lowest BCUT2D eigenvalue weighted by Gasteiger charge is -2.26. The molecule has 1 heterocycles. The molecule has 1 aliphatic rings. The van der Waals surface area contributed by atoms with E-state index < -0.39 is 6.10 Å². The fourth-order valence-corrected chi connectivity index (χ4v) is 2.42. The third kappa shape index (κ3) is 3.74. The summed E-state index contributed by atoms with van der Waals surface area (Å²) in [5, 5.41) is 2.90. The molecule has 0 saturated heterocycles. The second kappa shape index (κ2) is 7.05. The predicted molar refractivity (Wildman–Crippen MR) is 89.1 cm³/mol. The van der Waals surface area contributed by atoms with E-state index in [1.165, 1.54) is 0 Å². The van der Waals surface area contributed by atoms with Crippen molar-refractivity contribution in [1.82, 2.24) is 5.32 Å². The van der Waals surface area contributed by atoms with E-state index in [9.17, 15) is 4.79 Å². The molecule has 0 saturated carbocycles. The normalized spacial score (nSPS) is 15.8. The fourth-order valence-electron chi connectivity index (χ4n) is 2.42. The van der Waals surface area contributed by atoms with Crippen molar-refractivity contribution in [2.75, 3.05) is 31.6 Å². The quantitative estimate of drug-likeness (QED) is 0.918. The summed E-state index contributed by atoms with van der Waals surface area (Å²) in [6.07, 6.45) is -0.605. The zero-order valence-corrected chi connectivity index (χ0v) is 13.1. The van der Waals surface area contributed by atoms with E-state index in [1.807, 2.05) is 55.6 Å². The molecule has 0 unspecified atom stereocenters. The third-order valence-corrected chi connectivity index (χ3v) is 3.74. The van der Waals surface area contributed by atoms with Gasteiger partial charge in [0.1, 0.15) is 6.61 Å². The smallest absolute Gasteiger partial charge is 0.264 e. The standard InChI is InChI=1S/C18H20N2O3/c1-20(14-7-3-2-4-8-14)12-11-19-18(21)17-13-22-15-9-5-6-10-16(15)23-17/h2-10,17H,11-13H2,1H3,(H,19,21)/t17-/m1/s1. The SMILES string of the molecule is CN(CCNC(=O)[C@H]1COc2ccccc2O1)c1ccccc1. The van der Waals surface area contributed by atoms with Gasteiger partial charge in [0.05, 0.1) is 0 Å². The number of nitrogens with one attached hydrogen (secondary N) is 1. The maximum atomic E-state index is 12.2. The molecule has 1 amide bonds. The Labute approximate surface area is 135 Å². The molecule has 3 rings (SSSR count). The Morgan fingerprint density at radius 2 is 1.83 bits per heavy atom. The van der Waals surface area contributed by atoms with Gasteiger partial charge in [0, 0.05) is 25.8 Å². The summed E-state index contributed by atoms with van der Waals surface area (Å²) in [5.74, 6) is 1.14. The minimum atomic E-state index is -0.605. The van der Waals surface area contributed by atoms with Crippen LogP contribution in [0.5, 0.6) is 11.5 Å². The Bertz CT molecular complexity index is 660. The number of ether oxygens (including phenoxy) is 2. The van der Waals surface area contributed by atoms with Crippen LogP contribution in [0, 0.1) is 0 Å². The fraction of sp³-hybridized carbons (Fsp3) is 0.278. The van der Waals surface area contributed by atoms with E-state index in [0.29, 0.717) is 18.0 Å². The van der Waals surface area contributed by atoms with Gasteiger partial charge in [-0.2, -0.15) is 0 Å². The van der Waals surface area contributed by atoms with Crippen LogP contribution in [-0.2, 0) is 4.79 Å². The van der Waals surface area contributed by atoms with Crippen LogP contribution in [0.2, 0.25) is 0 Å². The first-order valence-corrected chi connectivity index (χ1v) is 7.66. The number of hydrogen-bond acceptors (Lipinski definition) is 4. The van der Waals surface area contributed by atoms with Crippen LogP contribution in [0.25, 0.3) is 0 Å². The van der Waals surface area contributed by atoms with Gasteiger partial charge in [0.15, 0.2) is 11.5 Å². The number of carbonyl (C=O) groups excluding carboxylic acids is 1. The summed E-state index contributed by atoms with van der Waals surface area (Å²) in [5.41, 5.74) is 1.12. The molecule has 2 aromatic carbocycles. The van der Waals surface area contributed by atoms with Gasteiger partial charge < -0.3 is 19.7 Å². The number of para-hydroxylation sites is 3. The maximum absolute atomic E-state index is 12.2.